The van der Waals surface area contributed by atoms with E-state index in [0.717, 1.165) is 18.2 Å². The molecule has 164 valence electrons. The van der Waals surface area contributed by atoms with Gasteiger partial charge in [0.15, 0.2) is 0 Å². The molecule has 2 aromatic rings. The number of allylic oxidation sites excluding steroid dienone is 1. The zero-order valence-corrected chi connectivity index (χ0v) is 17.5. The van der Waals surface area contributed by atoms with E-state index in [-0.39, 0.29) is 36.6 Å². The molecule has 0 spiro atoms. The number of esters is 1. The minimum atomic E-state index is -0.747. The van der Waals surface area contributed by atoms with Crippen LogP contribution >= 0.6 is 0 Å². The number of hydrogen-bond acceptors (Lipinski definition) is 3. The van der Waals surface area contributed by atoms with Crippen LogP contribution in [0, 0.1) is 17.5 Å². The Morgan fingerprint density at radius 1 is 1.06 bits per heavy atom. The standard InChI is InChI=1S/C24H24F3NO3/c1-3-6-21-23(24(30)31-4-2)20(16-7-5-8-17(25)11-16)13-22(29)28(21)14-15-9-18(26)12-19(27)10-15/h5,7-12,20H,3-4,6,13-14H2,1-2H3. The fraction of sp³-hybridized carbons (Fsp3) is 0.333. The molecule has 1 aliphatic heterocycles. The third-order valence-electron chi connectivity index (χ3n) is 5.16. The Morgan fingerprint density at radius 2 is 1.77 bits per heavy atom. The molecule has 0 N–H and O–H groups in total. The largest absolute Gasteiger partial charge is 0.463 e. The van der Waals surface area contributed by atoms with Gasteiger partial charge < -0.3 is 9.64 Å². The summed E-state index contributed by atoms with van der Waals surface area (Å²) >= 11 is 0. The van der Waals surface area contributed by atoms with E-state index in [0.29, 0.717) is 24.1 Å². The van der Waals surface area contributed by atoms with E-state index in [1.54, 1.807) is 13.0 Å². The molecule has 0 fully saturated rings. The summed E-state index contributed by atoms with van der Waals surface area (Å²) in [5, 5.41) is 0. The van der Waals surface area contributed by atoms with Crippen LogP contribution in [0.25, 0.3) is 0 Å². The minimum Gasteiger partial charge on any atom is -0.463 e. The number of carbonyl (C=O) groups excluding carboxylic acids is 2. The van der Waals surface area contributed by atoms with Crippen LogP contribution in [-0.2, 0) is 20.9 Å². The highest BCUT2D eigenvalue weighted by Crippen LogP contribution is 2.39. The van der Waals surface area contributed by atoms with Crippen molar-refractivity contribution in [2.24, 2.45) is 0 Å². The lowest BCUT2D eigenvalue weighted by Gasteiger charge is -2.36. The van der Waals surface area contributed by atoms with Crippen molar-refractivity contribution >= 4 is 11.9 Å². The van der Waals surface area contributed by atoms with Crippen LogP contribution in [-0.4, -0.2) is 23.4 Å². The lowest BCUT2D eigenvalue weighted by atomic mass is 9.82. The van der Waals surface area contributed by atoms with Gasteiger partial charge in [0.2, 0.25) is 5.91 Å². The van der Waals surface area contributed by atoms with E-state index in [9.17, 15) is 22.8 Å². The van der Waals surface area contributed by atoms with Gasteiger partial charge in [0.1, 0.15) is 17.5 Å². The SMILES string of the molecule is CCCC1=C(C(=O)OCC)C(c2cccc(F)c2)CC(=O)N1Cc1cc(F)cc(F)c1. The Morgan fingerprint density at radius 3 is 2.39 bits per heavy atom. The Labute approximate surface area is 179 Å². The van der Waals surface area contributed by atoms with E-state index >= 15 is 0 Å². The predicted octanol–water partition coefficient (Wildman–Crippen LogP) is 5.24. The van der Waals surface area contributed by atoms with Crippen LogP contribution in [0.3, 0.4) is 0 Å². The van der Waals surface area contributed by atoms with Crippen LogP contribution in [0.15, 0.2) is 53.7 Å². The monoisotopic (exact) mass is 431 g/mol. The van der Waals surface area contributed by atoms with Crippen molar-refractivity contribution < 1.29 is 27.5 Å². The maximum atomic E-state index is 13.9. The average molecular weight is 431 g/mol. The van der Waals surface area contributed by atoms with Crippen LogP contribution < -0.4 is 0 Å². The zero-order valence-electron chi connectivity index (χ0n) is 17.5. The van der Waals surface area contributed by atoms with Gasteiger partial charge >= 0.3 is 5.97 Å². The van der Waals surface area contributed by atoms with E-state index in [4.69, 9.17) is 4.74 Å². The summed E-state index contributed by atoms with van der Waals surface area (Å²) in [5.41, 5.74) is 1.50. The van der Waals surface area contributed by atoms with E-state index in [2.05, 4.69) is 0 Å². The van der Waals surface area contributed by atoms with Crippen molar-refractivity contribution in [2.45, 2.75) is 45.6 Å². The maximum Gasteiger partial charge on any atom is 0.336 e. The molecule has 1 aliphatic rings. The van der Waals surface area contributed by atoms with Crippen LogP contribution in [0.5, 0.6) is 0 Å². The molecule has 1 unspecified atom stereocenters. The van der Waals surface area contributed by atoms with Gasteiger partial charge in [0, 0.05) is 24.1 Å². The topological polar surface area (TPSA) is 46.6 Å². The molecule has 4 nitrogen and oxygen atoms in total. The first-order chi connectivity index (χ1) is 14.8. The van der Waals surface area contributed by atoms with E-state index in [1.165, 1.54) is 23.1 Å². The average Bonchev–Trinajstić information content (AvgIpc) is 2.70. The lowest BCUT2D eigenvalue weighted by molar-refractivity contribution is -0.140. The van der Waals surface area contributed by atoms with Gasteiger partial charge in [-0.15, -0.1) is 0 Å². The molecule has 1 atom stereocenters. The summed E-state index contributed by atoms with van der Waals surface area (Å²) in [4.78, 5) is 27.4. The third-order valence-corrected chi connectivity index (χ3v) is 5.16. The maximum absolute atomic E-state index is 13.9. The quantitative estimate of drug-likeness (QED) is 0.564. The number of benzene rings is 2. The first-order valence-electron chi connectivity index (χ1n) is 10.2. The Bertz CT molecular complexity index is 999. The highest BCUT2D eigenvalue weighted by molar-refractivity contribution is 5.96. The number of rotatable bonds is 7. The number of carbonyl (C=O) groups is 2. The summed E-state index contributed by atoms with van der Waals surface area (Å²) < 4.78 is 46.5. The first kappa shape index (κ1) is 22.6. The second-order valence-electron chi connectivity index (χ2n) is 7.40. The molecule has 0 radical (unpaired) electrons. The molecule has 1 heterocycles. The molecular formula is C24H24F3NO3. The second-order valence-corrected chi connectivity index (χ2v) is 7.40. The summed E-state index contributed by atoms with van der Waals surface area (Å²) in [5.74, 6) is -3.52. The zero-order chi connectivity index (χ0) is 22.5. The molecule has 0 aromatic heterocycles. The molecule has 0 saturated carbocycles. The predicted molar refractivity (Wildman–Crippen MR) is 109 cm³/mol. The Kier molecular flexibility index (Phi) is 7.15. The van der Waals surface area contributed by atoms with Gasteiger partial charge in [-0.25, -0.2) is 18.0 Å². The fourth-order valence-electron chi connectivity index (χ4n) is 3.94. The molecule has 3 rings (SSSR count). The van der Waals surface area contributed by atoms with Crippen molar-refractivity contribution in [1.29, 1.82) is 0 Å². The second kappa shape index (κ2) is 9.81. The molecule has 0 saturated heterocycles. The summed E-state index contributed by atoms with van der Waals surface area (Å²) in [6, 6.07) is 8.86. The summed E-state index contributed by atoms with van der Waals surface area (Å²) in [6.07, 6.45) is 0.918. The van der Waals surface area contributed by atoms with E-state index < -0.39 is 29.3 Å². The van der Waals surface area contributed by atoms with Crippen molar-refractivity contribution in [2.75, 3.05) is 6.61 Å². The molecular weight excluding hydrogens is 407 g/mol. The molecule has 1 amide bonds. The van der Waals surface area contributed by atoms with Crippen LogP contribution in [0.1, 0.15) is 50.2 Å². The van der Waals surface area contributed by atoms with Gasteiger partial charge in [-0.3, -0.25) is 4.79 Å². The van der Waals surface area contributed by atoms with Crippen molar-refractivity contribution in [3.63, 3.8) is 0 Å². The number of hydrogen-bond donors (Lipinski definition) is 0. The van der Waals surface area contributed by atoms with E-state index in [1.807, 2.05) is 6.92 Å². The van der Waals surface area contributed by atoms with Gasteiger partial charge in [-0.1, -0.05) is 25.5 Å². The number of halogens is 3. The first-order valence-corrected chi connectivity index (χ1v) is 10.2. The lowest BCUT2D eigenvalue weighted by Crippen LogP contribution is -2.39. The van der Waals surface area contributed by atoms with Crippen LogP contribution in [0.4, 0.5) is 13.2 Å². The number of ether oxygens (including phenoxy) is 1. The third kappa shape index (κ3) is 5.16. The smallest absolute Gasteiger partial charge is 0.336 e. The Hall–Kier alpha value is -3.09. The molecule has 0 aliphatic carbocycles. The summed E-state index contributed by atoms with van der Waals surface area (Å²) in [7, 11) is 0. The molecule has 2 aromatic carbocycles. The van der Waals surface area contributed by atoms with Crippen molar-refractivity contribution in [3.8, 4) is 0 Å². The Balaban J connectivity index is 2.12. The van der Waals surface area contributed by atoms with Crippen LogP contribution in [0.2, 0.25) is 0 Å². The van der Waals surface area contributed by atoms with Gasteiger partial charge in [0.05, 0.1) is 18.7 Å². The summed E-state index contributed by atoms with van der Waals surface area (Å²) in [6.45, 7) is 3.63. The normalized spacial score (nSPS) is 16.6. The minimum absolute atomic E-state index is 0.0807. The van der Waals surface area contributed by atoms with Crippen molar-refractivity contribution in [3.05, 3.63) is 82.3 Å². The number of amides is 1. The van der Waals surface area contributed by atoms with Gasteiger partial charge in [-0.2, -0.15) is 0 Å². The molecule has 0 bridgehead atoms. The molecule has 7 heteroatoms. The van der Waals surface area contributed by atoms with Gasteiger partial charge in [0.25, 0.3) is 0 Å². The fourth-order valence-corrected chi connectivity index (χ4v) is 3.94. The molecule has 31 heavy (non-hydrogen) atoms. The number of nitrogens with zero attached hydrogens (tertiary/aromatic N) is 1. The van der Waals surface area contributed by atoms with Crippen molar-refractivity contribution in [1.82, 2.24) is 4.90 Å². The van der Waals surface area contributed by atoms with Gasteiger partial charge in [-0.05, 0) is 48.7 Å². The highest BCUT2D eigenvalue weighted by Gasteiger charge is 2.38. The highest BCUT2D eigenvalue weighted by atomic mass is 19.1.